The summed E-state index contributed by atoms with van der Waals surface area (Å²) in [6.07, 6.45) is 2.27. The Morgan fingerprint density at radius 2 is 1.83 bits per heavy atom. The van der Waals surface area contributed by atoms with Gasteiger partial charge in [0.25, 0.3) is 0 Å². The van der Waals surface area contributed by atoms with Gasteiger partial charge in [-0.25, -0.2) is 9.37 Å². The summed E-state index contributed by atoms with van der Waals surface area (Å²) >= 11 is 0. The second-order valence-corrected chi connectivity index (χ2v) is 9.32. The van der Waals surface area contributed by atoms with Gasteiger partial charge >= 0.3 is 0 Å². The lowest BCUT2D eigenvalue weighted by atomic mass is 10.1. The molecule has 1 atom stereocenters. The van der Waals surface area contributed by atoms with E-state index in [1.807, 2.05) is 24.3 Å². The van der Waals surface area contributed by atoms with Gasteiger partial charge in [0.2, 0.25) is 5.91 Å². The van der Waals surface area contributed by atoms with Crippen molar-refractivity contribution < 1.29 is 13.9 Å². The first-order chi connectivity index (χ1) is 17.0. The zero-order chi connectivity index (χ0) is 24.4. The number of aromatic nitrogens is 2. The Hall–Kier alpha value is -3.67. The molecular weight excluding hydrogens is 441 g/mol. The molecule has 0 radical (unpaired) electrons. The smallest absolute Gasteiger partial charge is 0.227 e. The predicted octanol–water partition coefficient (Wildman–Crippen LogP) is 6.17. The number of benzene rings is 3. The zero-order valence-electron chi connectivity index (χ0n) is 20.2. The summed E-state index contributed by atoms with van der Waals surface area (Å²) in [4.78, 5) is 19.5. The fourth-order valence-corrected chi connectivity index (χ4v) is 4.91. The molecule has 6 heteroatoms. The van der Waals surface area contributed by atoms with E-state index in [2.05, 4.69) is 36.6 Å². The number of para-hydroxylation sites is 2. The molecule has 3 aromatic carbocycles. The van der Waals surface area contributed by atoms with E-state index < -0.39 is 0 Å². The first-order valence-electron chi connectivity index (χ1n) is 12.2. The van der Waals surface area contributed by atoms with Crippen molar-refractivity contribution in [3.8, 4) is 5.75 Å². The van der Waals surface area contributed by atoms with Crippen molar-refractivity contribution in [2.75, 3.05) is 18.1 Å². The molecule has 5 rings (SSSR count). The van der Waals surface area contributed by atoms with Crippen molar-refractivity contribution in [3.63, 3.8) is 0 Å². The summed E-state index contributed by atoms with van der Waals surface area (Å²) in [5.74, 6) is 1.61. The highest BCUT2D eigenvalue weighted by Gasteiger charge is 2.34. The van der Waals surface area contributed by atoms with Gasteiger partial charge in [-0.2, -0.15) is 0 Å². The number of hydrogen-bond donors (Lipinski definition) is 0. The second-order valence-electron chi connectivity index (χ2n) is 9.32. The molecule has 180 valence electrons. The van der Waals surface area contributed by atoms with Crippen molar-refractivity contribution in [1.82, 2.24) is 9.55 Å². The molecule has 0 aliphatic carbocycles. The summed E-state index contributed by atoms with van der Waals surface area (Å²) < 4.78 is 21.6. The summed E-state index contributed by atoms with van der Waals surface area (Å²) in [6, 6.07) is 20.5. The number of ether oxygens (including phenoxy) is 1. The van der Waals surface area contributed by atoms with Crippen molar-refractivity contribution in [2.45, 2.75) is 45.6 Å². The molecule has 0 N–H and O–H groups in total. The minimum absolute atomic E-state index is 0.00795. The first kappa shape index (κ1) is 23.1. The van der Waals surface area contributed by atoms with Crippen LogP contribution < -0.4 is 9.64 Å². The quantitative estimate of drug-likeness (QED) is 0.289. The third-order valence-corrected chi connectivity index (χ3v) is 6.68. The highest BCUT2D eigenvalue weighted by molar-refractivity contribution is 5.96. The molecular formula is C29H30FN3O2. The van der Waals surface area contributed by atoms with Gasteiger partial charge in [-0.3, -0.25) is 4.79 Å². The second kappa shape index (κ2) is 9.90. The third-order valence-electron chi connectivity index (χ3n) is 6.68. The van der Waals surface area contributed by atoms with Crippen LogP contribution in [0, 0.1) is 19.7 Å². The summed E-state index contributed by atoms with van der Waals surface area (Å²) in [5.41, 5.74) is 5.15. The zero-order valence-corrected chi connectivity index (χ0v) is 20.2. The molecule has 0 saturated carbocycles. The molecule has 0 unspecified atom stereocenters. The molecule has 1 amide bonds. The topological polar surface area (TPSA) is 47.4 Å². The van der Waals surface area contributed by atoms with Crippen LogP contribution in [0.4, 0.5) is 10.1 Å². The largest absolute Gasteiger partial charge is 0.493 e. The van der Waals surface area contributed by atoms with Crippen molar-refractivity contribution in [3.05, 3.63) is 89.5 Å². The van der Waals surface area contributed by atoms with Crippen molar-refractivity contribution in [2.24, 2.45) is 0 Å². The lowest BCUT2D eigenvalue weighted by molar-refractivity contribution is -0.117. The molecule has 0 spiro atoms. The van der Waals surface area contributed by atoms with Crippen LogP contribution in [0.1, 0.15) is 42.1 Å². The number of hydrogen-bond acceptors (Lipinski definition) is 3. The van der Waals surface area contributed by atoms with E-state index in [-0.39, 0.29) is 17.6 Å². The Balaban J connectivity index is 1.28. The van der Waals surface area contributed by atoms with E-state index >= 15 is 0 Å². The van der Waals surface area contributed by atoms with Gasteiger partial charge in [0, 0.05) is 31.1 Å². The standard InChI is InChI=1S/C29H30FN3O2/c1-20-9-14-27(21(2)17-20)35-16-6-5-15-32-26-8-4-3-7-25(26)31-29(32)22-18-28(34)33(19-22)24-12-10-23(30)11-13-24/h3-4,7-14,17,22H,5-6,15-16,18-19H2,1-2H3/t22-/m1/s1. The highest BCUT2D eigenvalue weighted by atomic mass is 19.1. The number of aryl methyl sites for hydroxylation is 3. The number of anilines is 1. The normalized spacial score (nSPS) is 15.8. The fraction of sp³-hybridized carbons (Fsp3) is 0.310. The minimum atomic E-state index is -0.305. The van der Waals surface area contributed by atoms with Gasteiger partial charge < -0.3 is 14.2 Å². The van der Waals surface area contributed by atoms with E-state index in [9.17, 15) is 9.18 Å². The summed E-state index contributed by atoms with van der Waals surface area (Å²) in [7, 11) is 0. The van der Waals surface area contributed by atoms with Gasteiger partial charge in [-0.15, -0.1) is 0 Å². The Kier molecular flexibility index (Phi) is 6.53. The predicted molar refractivity (Wildman–Crippen MR) is 136 cm³/mol. The van der Waals surface area contributed by atoms with Crippen LogP contribution in [0.15, 0.2) is 66.7 Å². The SMILES string of the molecule is Cc1ccc(OCCCCn2c([C@@H]3CC(=O)N(c4ccc(F)cc4)C3)nc3ccccc32)c(C)c1. The van der Waals surface area contributed by atoms with Gasteiger partial charge in [0.15, 0.2) is 0 Å². The van der Waals surface area contributed by atoms with Gasteiger partial charge in [0.05, 0.1) is 17.6 Å². The molecule has 1 saturated heterocycles. The van der Waals surface area contributed by atoms with Gasteiger partial charge in [-0.05, 0) is 74.7 Å². The van der Waals surface area contributed by atoms with Crippen LogP contribution in [0.25, 0.3) is 11.0 Å². The van der Waals surface area contributed by atoms with Crippen molar-refractivity contribution in [1.29, 1.82) is 0 Å². The van der Waals surface area contributed by atoms with Gasteiger partial charge in [-0.1, -0.05) is 29.8 Å². The molecule has 1 aromatic heterocycles. The lowest BCUT2D eigenvalue weighted by Gasteiger charge is -2.17. The monoisotopic (exact) mass is 471 g/mol. The molecule has 4 aromatic rings. The molecule has 2 heterocycles. The van der Waals surface area contributed by atoms with E-state index in [1.54, 1.807) is 17.0 Å². The maximum absolute atomic E-state index is 13.4. The van der Waals surface area contributed by atoms with E-state index in [1.165, 1.54) is 17.7 Å². The number of halogens is 1. The van der Waals surface area contributed by atoms with Crippen LogP contribution in [-0.2, 0) is 11.3 Å². The molecule has 35 heavy (non-hydrogen) atoms. The lowest BCUT2D eigenvalue weighted by Crippen LogP contribution is -2.24. The molecule has 1 aliphatic rings. The number of rotatable bonds is 8. The molecule has 1 fully saturated rings. The number of nitrogens with zero attached hydrogens (tertiary/aromatic N) is 3. The van der Waals surface area contributed by atoms with Crippen LogP contribution in [0.2, 0.25) is 0 Å². The van der Waals surface area contributed by atoms with Crippen LogP contribution >= 0.6 is 0 Å². The fourth-order valence-electron chi connectivity index (χ4n) is 4.91. The van der Waals surface area contributed by atoms with Crippen LogP contribution in [-0.4, -0.2) is 28.6 Å². The Morgan fingerprint density at radius 3 is 2.63 bits per heavy atom. The summed E-state index contributed by atoms with van der Waals surface area (Å²) in [6.45, 7) is 6.17. The third kappa shape index (κ3) is 4.92. The maximum Gasteiger partial charge on any atom is 0.227 e. The van der Waals surface area contributed by atoms with E-state index in [0.717, 1.165) is 53.2 Å². The minimum Gasteiger partial charge on any atom is -0.493 e. The average molecular weight is 472 g/mol. The Bertz CT molecular complexity index is 1350. The Morgan fingerprint density at radius 1 is 1.03 bits per heavy atom. The number of unbranched alkanes of at least 4 members (excludes halogenated alkanes) is 1. The number of fused-ring (bicyclic) bond motifs is 1. The average Bonchev–Trinajstić information content (AvgIpc) is 3.41. The number of carbonyl (C=O) groups is 1. The van der Waals surface area contributed by atoms with Gasteiger partial charge in [0.1, 0.15) is 17.4 Å². The number of carbonyl (C=O) groups excluding carboxylic acids is 1. The molecule has 1 aliphatic heterocycles. The maximum atomic E-state index is 13.4. The van der Waals surface area contributed by atoms with Crippen LogP contribution in [0.3, 0.4) is 0 Å². The van der Waals surface area contributed by atoms with E-state index in [0.29, 0.717) is 19.6 Å². The number of amides is 1. The van der Waals surface area contributed by atoms with E-state index in [4.69, 9.17) is 9.72 Å². The highest BCUT2D eigenvalue weighted by Crippen LogP contribution is 2.33. The molecule has 0 bridgehead atoms. The summed E-state index contributed by atoms with van der Waals surface area (Å²) in [5, 5.41) is 0. The van der Waals surface area contributed by atoms with Crippen molar-refractivity contribution >= 4 is 22.6 Å². The Labute approximate surface area is 205 Å². The van der Waals surface area contributed by atoms with Crippen LogP contribution in [0.5, 0.6) is 5.75 Å². The number of imidazole rings is 1. The molecule has 5 nitrogen and oxygen atoms in total. The first-order valence-corrected chi connectivity index (χ1v) is 12.2.